The molecule has 0 saturated carbocycles. The van der Waals surface area contributed by atoms with E-state index < -0.39 is 5.60 Å². The lowest BCUT2D eigenvalue weighted by atomic mass is 9.94. The van der Waals surface area contributed by atoms with Crippen LogP contribution in [0.1, 0.15) is 25.7 Å². The number of piperidine rings is 1. The second-order valence-corrected chi connectivity index (χ2v) is 7.98. The monoisotopic (exact) mass is 326 g/mol. The van der Waals surface area contributed by atoms with Gasteiger partial charge >= 0.3 is 0 Å². The van der Waals surface area contributed by atoms with Crippen LogP contribution in [0.5, 0.6) is 0 Å². The van der Waals surface area contributed by atoms with Crippen LogP contribution in [0.3, 0.4) is 0 Å². The topological polar surface area (TPSA) is 52.6 Å². The Bertz CT molecular complexity index is 464. The third-order valence-corrected chi connectivity index (χ3v) is 6.31. The summed E-state index contributed by atoms with van der Waals surface area (Å²) in [5, 5.41) is 16.9. The van der Waals surface area contributed by atoms with Crippen LogP contribution in [0.25, 0.3) is 0 Å². The van der Waals surface area contributed by atoms with E-state index in [1.165, 1.54) is 5.00 Å². The van der Waals surface area contributed by atoms with Crippen LogP contribution in [0, 0.1) is 0 Å². The summed E-state index contributed by atoms with van der Waals surface area (Å²) in [6, 6.07) is 4.42. The van der Waals surface area contributed by atoms with Crippen molar-refractivity contribution in [2.75, 3.05) is 29.5 Å². The number of nitrogens with zero attached hydrogens (tertiary/aromatic N) is 1. The Morgan fingerprint density at radius 1 is 1.33 bits per heavy atom. The van der Waals surface area contributed by atoms with Gasteiger partial charge in [-0.25, -0.2) is 0 Å². The number of carbonyl (C=O) groups is 1. The van der Waals surface area contributed by atoms with Gasteiger partial charge in [0.15, 0.2) is 0 Å². The summed E-state index contributed by atoms with van der Waals surface area (Å²) in [5.41, 5.74) is -1.13. The molecule has 2 saturated heterocycles. The number of rotatable bonds is 3. The van der Waals surface area contributed by atoms with E-state index in [0.29, 0.717) is 12.8 Å². The minimum atomic E-state index is -1.13. The van der Waals surface area contributed by atoms with E-state index in [1.54, 1.807) is 11.3 Å². The summed E-state index contributed by atoms with van der Waals surface area (Å²) in [7, 11) is 0. The van der Waals surface area contributed by atoms with Crippen LogP contribution in [-0.2, 0) is 4.79 Å². The highest BCUT2D eigenvalue weighted by molar-refractivity contribution is 7.99. The summed E-state index contributed by atoms with van der Waals surface area (Å²) < 4.78 is 0. The molecule has 0 radical (unpaired) electrons. The first-order valence-corrected chi connectivity index (χ1v) is 9.60. The molecule has 2 aliphatic rings. The van der Waals surface area contributed by atoms with Gasteiger partial charge in [-0.15, -0.1) is 11.3 Å². The molecule has 3 rings (SSSR count). The lowest BCUT2D eigenvalue weighted by Crippen LogP contribution is -2.54. The highest BCUT2D eigenvalue weighted by atomic mass is 32.2. The molecular weight excluding hydrogens is 304 g/mol. The van der Waals surface area contributed by atoms with Crippen LogP contribution in [0.4, 0.5) is 5.00 Å². The average molecular weight is 326 g/mol. The Kier molecular flexibility index (Phi) is 4.76. The number of thiophene rings is 1. The molecule has 2 aliphatic heterocycles. The zero-order chi connectivity index (χ0) is 14.7. The molecule has 1 amide bonds. The smallest absolute Gasteiger partial charge is 0.252 e. The maximum atomic E-state index is 12.3. The fourth-order valence-corrected chi connectivity index (χ4v) is 4.90. The molecule has 116 valence electrons. The van der Waals surface area contributed by atoms with Crippen molar-refractivity contribution in [2.45, 2.75) is 37.3 Å². The van der Waals surface area contributed by atoms with Gasteiger partial charge in [0.2, 0.25) is 0 Å². The lowest BCUT2D eigenvalue weighted by Gasteiger charge is -2.36. The molecule has 6 heteroatoms. The summed E-state index contributed by atoms with van der Waals surface area (Å²) in [6.45, 7) is 1.94. The van der Waals surface area contributed by atoms with Crippen molar-refractivity contribution in [3.8, 4) is 0 Å². The zero-order valence-electron chi connectivity index (χ0n) is 12.1. The normalized spacial score (nSPS) is 23.0. The number of aliphatic hydroxyl groups is 1. The fourth-order valence-electron chi connectivity index (χ4n) is 2.95. The summed E-state index contributed by atoms with van der Waals surface area (Å²) in [4.78, 5) is 14.7. The number of hydrogen-bond donors (Lipinski definition) is 2. The average Bonchev–Trinajstić information content (AvgIpc) is 3.03. The van der Waals surface area contributed by atoms with Crippen LogP contribution >= 0.6 is 23.1 Å². The Balaban J connectivity index is 1.50. The van der Waals surface area contributed by atoms with E-state index in [0.717, 1.165) is 37.4 Å². The van der Waals surface area contributed by atoms with Crippen LogP contribution < -0.4 is 10.2 Å². The first kappa shape index (κ1) is 15.2. The van der Waals surface area contributed by atoms with E-state index in [1.807, 2.05) is 11.8 Å². The van der Waals surface area contributed by atoms with E-state index in [-0.39, 0.29) is 11.9 Å². The molecule has 4 nitrogen and oxygen atoms in total. The molecule has 0 unspecified atom stereocenters. The number of carbonyl (C=O) groups excluding carboxylic acids is 1. The first-order chi connectivity index (χ1) is 10.2. The second kappa shape index (κ2) is 6.58. The number of thioether (sulfide) groups is 1. The predicted molar refractivity (Wildman–Crippen MR) is 89.2 cm³/mol. The molecule has 3 heterocycles. The third kappa shape index (κ3) is 3.55. The van der Waals surface area contributed by atoms with E-state index in [9.17, 15) is 9.90 Å². The molecule has 2 fully saturated rings. The van der Waals surface area contributed by atoms with Crippen molar-refractivity contribution in [2.24, 2.45) is 0 Å². The maximum absolute atomic E-state index is 12.3. The molecule has 0 spiro atoms. The van der Waals surface area contributed by atoms with Crippen molar-refractivity contribution >= 4 is 34.0 Å². The SMILES string of the molecule is O=C(NC1CCN(c2cccs2)CC1)C1(O)CCSCC1. The predicted octanol–water partition coefficient (Wildman–Crippen LogP) is 2.09. The Morgan fingerprint density at radius 3 is 2.67 bits per heavy atom. The summed E-state index contributed by atoms with van der Waals surface area (Å²) in [5.74, 6) is 1.60. The van der Waals surface area contributed by atoms with Gasteiger partial charge in [-0.05, 0) is 54.7 Å². The van der Waals surface area contributed by atoms with Gasteiger partial charge in [-0.1, -0.05) is 0 Å². The van der Waals surface area contributed by atoms with E-state index in [2.05, 4.69) is 27.7 Å². The number of hydrogen-bond acceptors (Lipinski definition) is 5. The van der Waals surface area contributed by atoms with Crippen molar-refractivity contribution in [3.63, 3.8) is 0 Å². The van der Waals surface area contributed by atoms with Crippen LogP contribution in [0.2, 0.25) is 0 Å². The Morgan fingerprint density at radius 2 is 2.05 bits per heavy atom. The third-order valence-electron chi connectivity index (χ3n) is 4.39. The molecular formula is C15H22N2O2S2. The summed E-state index contributed by atoms with van der Waals surface area (Å²) in [6.07, 6.45) is 3.07. The Labute approximate surface area is 133 Å². The molecule has 1 aromatic heterocycles. The largest absolute Gasteiger partial charge is 0.380 e. The van der Waals surface area contributed by atoms with Crippen molar-refractivity contribution in [3.05, 3.63) is 17.5 Å². The van der Waals surface area contributed by atoms with Crippen molar-refractivity contribution in [1.29, 1.82) is 0 Å². The van der Waals surface area contributed by atoms with Crippen LogP contribution in [0.15, 0.2) is 17.5 Å². The fraction of sp³-hybridized carbons (Fsp3) is 0.667. The number of nitrogens with one attached hydrogen (secondary N) is 1. The van der Waals surface area contributed by atoms with Gasteiger partial charge < -0.3 is 15.3 Å². The van der Waals surface area contributed by atoms with Gasteiger partial charge in [0.05, 0.1) is 5.00 Å². The lowest BCUT2D eigenvalue weighted by molar-refractivity contribution is -0.141. The quantitative estimate of drug-likeness (QED) is 0.893. The standard InChI is InChI=1S/C15H22N2O2S2/c18-14(15(19)5-10-20-11-6-15)16-12-3-7-17(8-4-12)13-2-1-9-21-13/h1-2,9,12,19H,3-8,10-11H2,(H,16,18). The summed E-state index contributed by atoms with van der Waals surface area (Å²) >= 11 is 3.58. The van der Waals surface area contributed by atoms with Crippen molar-refractivity contribution in [1.82, 2.24) is 5.32 Å². The van der Waals surface area contributed by atoms with Gasteiger partial charge in [0.1, 0.15) is 5.60 Å². The zero-order valence-corrected chi connectivity index (χ0v) is 13.7. The first-order valence-electron chi connectivity index (χ1n) is 7.57. The molecule has 2 N–H and O–H groups in total. The molecule has 1 aromatic rings. The number of amides is 1. The van der Waals surface area contributed by atoms with Gasteiger partial charge in [0.25, 0.3) is 5.91 Å². The molecule has 21 heavy (non-hydrogen) atoms. The highest BCUT2D eigenvalue weighted by Crippen LogP contribution is 2.28. The highest BCUT2D eigenvalue weighted by Gasteiger charge is 2.38. The number of anilines is 1. The Hall–Kier alpha value is -0.720. The van der Waals surface area contributed by atoms with Gasteiger partial charge in [-0.3, -0.25) is 4.79 Å². The molecule has 0 bridgehead atoms. The molecule has 0 aromatic carbocycles. The molecule has 0 aliphatic carbocycles. The van der Waals surface area contributed by atoms with Crippen molar-refractivity contribution < 1.29 is 9.90 Å². The van der Waals surface area contributed by atoms with E-state index in [4.69, 9.17) is 0 Å². The van der Waals surface area contributed by atoms with E-state index >= 15 is 0 Å². The second-order valence-electron chi connectivity index (χ2n) is 5.83. The van der Waals surface area contributed by atoms with Gasteiger partial charge in [-0.2, -0.15) is 11.8 Å². The van der Waals surface area contributed by atoms with Crippen LogP contribution in [-0.4, -0.2) is 47.3 Å². The molecule has 0 atom stereocenters. The maximum Gasteiger partial charge on any atom is 0.252 e. The minimum absolute atomic E-state index is 0.155. The minimum Gasteiger partial charge on any atom is -0.380 e. The van der Waals surface area contributed by atoms with Gasteiger partial charge in [0, 0.05) is 19.1 Å².